The Balaban J connectivity index is 1.41. The van der Waals surface area contributed by atoms with Gasteiger partial charge in [0.15, 0.2) is 0 Å². The van der Waals surface area contributed by atoms with Gasteiger partial charge in [0.05, 0.1) is 13.0 Å². The van der Waals surface area contributed by atoms with Crippen molar-refractivity contribution in [2.75, 3.05) is 12.4 Å². The van der Waals surface area contributed by atoms with Crippen molar-refractivity contribution in [3.63, 3.8) is 0 Å². The normalized spacial score (nSPS) is 10.6. The second kappa shape index (κ2) is 9.05. The highest BCUT2D eigenvalue weighted by molar-refractivity contribution is 7.99. The smallest absolute Gasteiger partial charge is 0.339 e. The Kier molecular flexibility index (Phi) is 6.27. The van der Waals surface area contributed by atoms with E-state index in [1.54, 1.807) is 18.2 Å². The van der Waals surface area contributed by atoms with Gasteiger partial charge in [-0.2, -0.15) is 0 Å². The fraction of sp³-hybridized carbons (Fsp3) is 0.211. The number of benzene rings is 2. The van der Waals surface area contributed by atoms with E-state index in [1.807, 2.05) is 30.3 Å². The Morgan fingerprint density at radius 3 is 2.65 bits per heavy atom. The molecule has 1 heterocycles. The first-order chi connectivity index (χ1) is 12.7. The number of carbonyl (C=O) groups is 1. The predicted octanol–water partition coefficient (Wildman–Crippen LogP) is 3.92. The van der Waals surface area contributed by atoms with E-state index in [0.29, 0.717) is 29.9 Å². The van der Waals surface area contributed by atoms with Crippen molar-refractivity contribution >= 4 is 17.7 Å². The van der Waals surface area contributed by atoms with Crippen LogP contribution in [0.2, 0.25) is 0 Å². The van der Waals surface area contributed by atoms with Crippen molar-refractivity contribution in [2.24, 2.45) is 0 Å². The maximum absolute atomic E-state index is 11.1. The lowest BCUT2D eigenvalue weighted by Crippen LogP contribution is -2.04. The standard InChI is InChI=1S/C19H18N2O4S/c22-18(23)15-9-4-5-10-16(15)24-11-6-12-26-19-21-20-17(25-19)13-14-7-2-1-3-8-14/h1-5,7-10H,6,11-13H2,(H,22,23). The minimum absolute atomic E-state index is 0.169. The quantitative estimate of drug-likeness (QED) is 0.451. The molecule has 0 radical (unpaired) electrons. The molecule has 0 aliphatic heterocycles. The lowest BCUT2D eigenvalue weighted by Gasteiger charge is -2.08. The summed E-state index contributed by atoms with van der Waals surface area (Å²) in [6.45, 7) is 0.419. The largest absolute Gasteiger partial charge is 0.493 e. The molecule has 26 heavy (non-hydrogen) atoms. The zero-order valence-corrected chi connectivity index (χ0v) is 14.8. The van der Waals surface area contributed by atoms with E-state index in [-0.39, 0.29) is 5.56 Å². The minimum atomic E-state index is -0.994. The lowest BCUT2D eigenvalue weighted by atomic mass is 10.2. The highest BCUT2D eigenvalue weighted by atomic mass is 32.2. The number of nitrogens with zero attached hydrogens (tertiary/aromatic N) is 2. The number of aromatic carboxylic acids is 1. The van der Waals surface area contributed by atoms with Crippen LogP contribution in [0.3, 0.4) is 0 Å². The minimum Gasteiger partial charge on any atom is -0.493 e. The average molecular weight is 370 g/mol. The van der Waals surface area contributed by atoms with Gasteiger partial charge >= 0.3 is 5.97 Å². The number of rotatable bonds is 9. The highest BCUT2D eigenvalue weighted by Gasteiger charge is 2.10. The monoisotopic (exact) mass is 370 g/mol. The van der Waals surface area contributed by atoms with Crippen LogP contribution in [0, 0.1) is 0 Å². The molecule has 0 unspecified atom stereocenters. The molecule has 0 spiro atoms. The molecule has 0 amide bonds. The molecule has 6 nitrogen and oxygen atoms in total. The van der Waals surface area contributed by atoms with Crippen LogP contribution in [0.15, 0.2) is 64.2 Å². The van der Waals surface area contributed by atoms with E-state index in [1.165, 1.54) is 17.8 Å². The van der Waals surface area contributed by atoms with Crippen LogP contribution in [0.25, 0.3) is 0 Å². The third kappa shape index (κ3) is 5.10. The fourth-order valence-corrected chi connectivity index (χ4v) is 3.00. The summed E-state index contributed by atoms with van der Waals surface area (Å²) in [4.78, 5) is 11.1. The van der Waals surface area contributed by atoms with Crippen molar-refractivity contribution in [2.45, 2.75) is 18.1 Å². The maximum Gasteiger partial charge on any atom is 0.339 e. The molecule has 0 bridgehead atoms. The Hall–Kier alpha value is -2.80. The number of para-hydroxylation sites is 1. The summed E-state index contributed by atoms with van der Waals surface area (Å²) >= 11 is 1.46. The first kappa shape index (κ1) is 18.0. The number of carboxylic acids is 1. The van der Waals surface area contributed by atoms with Gasteiger partial charge in [-0.05, 0) is 24.1 Å². The summed E-state index contributed by atoms with van der Waals surface area (Å²) in [5, 5.41) is 17.7. The van der Waals surface area contributed by atoms with Crippen LogP contribution in [0.5, 0.6) is 5.75 Å². The molecule has 3 aromatic rings. The van der Waals surface area contributed by atoms with Crippen LogP contribution >= 0.6 is 11.8 Å². The number of aromatic nitrogens is 2. The van der Waals surface area contributed by atoms with Crippen LogP contribution in [0.1, 0.15) is 28.2 Å². The van der Waals surface area contributed by atoms with Crippen molar-refractivity contribution < 1.29 is 19.1 Å². The van der Waals surface area contributed by atoms with Crippen molar-refractivity contribution in [1.82, 2.24) is 10.2 Å². The second-order valence-corrected chi connectivity index (χ2v) is 6.52. The predicted molar refractivity (Wildman–Crippen MR) is 97.8 cm³/mol. The van der Waals surface area contributed by atoms with Crippen LogP contribution in [-0.4, -0.2) is 33.6 Å². The Bertz CT molecular complexity index is 852. The third-order valence-electron chi connectivity index (χ3n) is 3.54. The highest BCUT2D eigenvalue weighted by Crippen LogP contribution is 2.20. The Labute approximate surface area is 155 Å². The fourth-order valence-electron chi connectivity index (χ4n) is 2.31. The van der Waals surface area contributed by atoms with E-state index < -0.39 is 5.97 Å². The van der Waals surface area contributed by atoms with Crippen LogP contribution in [-0.2, 0) is 6.42 Å². The molecule has 0 saturated heterocycles. The van der Waals surface area contributed by atoms with E-state index in [4.69, 9.17) is 14.3 Å². The van der Waals surface area contributed by atoms with Gasteiger partial charge in [0.25, 0.3) is 5.22 Å². The van der Waals surface area contributed by atoms with Gasteiger partial charge in [-0.15, -0.1) is 10.2 Å². The summed E-state index contributed by atoms with van der Waals surface area (Å²) in [6, 6.07) is 16.6. The van der Waals surface area contributed by atoms with E-state index in [9.17, 15) is 4.79 Å². The number of hydrogen-bond acceptors (Lipinski definition) is 6. The molecular weight excluding hydrogens is 352 g/mol. The van der Waals surface area contributed by atoms with E-state index in [2.05, 4.69) is 10.2 Å². The number of ether oxygens (including phenoxy) is 1. The van der Waals surface area contributed by atoms with Gasteiger partial charge in [-0.25, -0.2) is 4.79 Å². The second-order valence-electron chi connectivity index (χ2n) is 5.48. The summed E-state index contributed by atoms with van der Waals surface area (Å²) in [5.41, 5.74) is 1.29. The summed E-state index contributed by atoms with van der Waals surface area (Å²) in [5.74, 6) is 0.715. The molecule has 0 aliphatic carbocycles. The topological polar surface area (TPSA) is 85.5 Å². The van der Waals surface area contributed by atoms with Gasteiger partial charge in [-0.1, -0.05) is 54.2 Å². The van der Waals surface area contributed by atoms with Crippen molar-refractivity contribution in [3.8, 4) is 5.75 Å². The molecule has 0 fully saturated rings. The molecule has 7 heteroatoms. The summed E-state index contributed by atoms with van der Waals surface area (Å²) in [7, 11) is 0. The molecule has 3 rings (SSSR count). The van der Waals surface area contributed by atoms with Gasteiger partial charge in [0.1, 0.15) is 11.3 Å². The van der Waals surface area contributed by atoms with Crippen molar-refractivity contribution in [3.05, 3.63) is 71.6 Å². The zero-order valence-electron chi connectivity index (χ0n) is 14.0. The molecule has 0 aliphatic rings. The molecule has 0 atom stereocenters. The molecule has 1 N–H and O–H groups in total. The Morgan fingerprint density at radius 2 is 1.85 bits per heavy atom. The van der Waals surface area contributed by atoms with Gasteiger partial charge in [0.2, 0.25) is 5.89 Å². The first-order valence-electron chi connectivity index (χ1n) is 8.16. The number of hydrogen-bond donors (Lipinski definition) is 1. The average Bonchev–Trinajstić information content (AvgIpc) is 3.10. The van der Waals surface area contributed by atoms with E-state index in [0.717, 1.165) is 17.7 Å². The van der Waals surface area contributed by atoms with Crippen LogP contribution < -0.4 is 4.74 Å². The lowest BCUT2D eigenvalue weighted by molar-refractivity contribution is 0.0692. The van der Waals surface area contributed by atoms with Crippen molar-refractivity contribution in [1.29, 1.82) is 0 Å². The zero-order chi connectivity index (χ0) is 18.2. The van der Waals surface area contributed by atoms with E-state index >= 15 is 0 Å². The first-order valence-corrected chi connectivity index (χ1v) is 9.15. The molecular formula is C19H18N2O4S. The molecule has 1 aromatic heterocycles. The third-order valence-corrected chi connectivity index (χ3v) is 4.44. The van der Waals surface area contributed by atoms with Gasteiger partial charge in [-0.3, -0.25) is 0 Å². The van der Waals surface area contributed by atoms with Gasteiger partial charge in [0, 0.05) is 5.75 Å². The van der Waals surface area contributed by atoms with Gasteiger partial charge < -0.3 is 14.3 Å². The number of thioether (sulfide) groups is 1. The molecule has 134 valence electrons. The Morgan fingerprint density at radius 1 is 1.08 bits per heavy atom. The molecule has 2 aromatic carbocycles. The summed E-state index contributed by atoms with van der Waals surface area (Å²) in [6.07, 6.45) is 1.35. The molecule has 0 saturated carbocycles. The SMILES string of the molecule is O=C(O)c1ccccc1OCCCSc1nnc(Cc2ccccc2)o1. The number of carboxylic acid groups (broad SMARTS) is 1. The summed E-state index contributed by atoms with van der Waals surface area (Å²) < 4.78 is 11.2. The maximum atomic E-state index is 11.1. The van der Waals surface area contributed by atoms with Crippen LogP contribution in [0.4, 0.5) is 0 Å².